The Morgan fingerprint density at radius 3 is 2.50 bits per heavy atom. The zero-order chi connectivity index (χ0) is 16.8. The van der Waals surface area contributed by atoms with Crippen LogP contribution in [-0.2, 0) is 0 Å². The lowest BCUT2D eigenvalue weighted by molar-refractivity contribution is 0.103. The van der Waals surface area contributed by atoms with E-state index < -0.39 is 0 Å². The van der Waals surface area contributed by atoms with Gasteiger partial charge in [0.15, 0.2) is 28.8 Å². The maximum absolute atomic E-state index is 12.6. The molecule has 5 heteroatoms. The van der Waals surface area contributed by atoms with Crippen LogP contribution in [0.3, 0.4) is 0 Å². The predicted molar refractivity (Wildman–Crippen MR) is 87.4 cm³/mol. The Morgan fingerprint density at radius 2 is 1.75 bits per heavy atom. The van der Waals surface area contributed by atoms with Crippen molar-refractivity contribution in [3.8, 4) is 23.0 Å². The van der Waals surface area contributed by atoms with E-state index >= 15 is 0 Å². The van der Waals surface area contributed by atoms with Gasteiger partial charge in [0.1, 0.15) is 0 Å². The fourth-order valence-corrected chi connectivity index (χ4v) is 3.30. The summed E-state index contributed by atoms with van der Waals surface area (Å²) in [6.45, 7) is 4.22. The molecule has 0 spiro atoms. The molecule has 0 saturated heterocycles. The number of fused-ring (bicyclic) bond motifs is 2. The largest absolute Gasteiger partial charge is 0.493 e. The normalized spacial score (nSPS) is 17.8. The third kappa shape index (κ3) is 1.98. The highest BCUT2D eigenvalue weighted by atomic mass is 16.7. The van der Waals surface area contributed by atoms with Gasteiger partial charge in [-0.3, -0.25) is 4.79 Å². The fourth-order valence-electron chi connectivity index (χ4n) is 3.30. The van der Waals surface area contributed by atoms with Crippen molar-refractivity contribution in [1.29, 1.82) is 0 Å². The van der Waals surface area contributed by atoms with Gasteiger partial charge in [0, 0.05) is 17.1 Å². The average Bonchev–Trinajstić information content (AvgIpc) is 3.16. The summed E-state index contributed by atoms with van der Waals surface area (Å²) in [6.07, 6.45) is 0. The van der Waals surface area contributed by atoms with Gasteiger partial charge in [-0.1, -0.05) is 12.6 Å². The summed E-state index contributed by atoms with van der Waals surface area (Å²) in [5.41, 5.74) is 2.92. The highest BCUT2D eigenvalue weighted by molar-refractivity contribution is 6.15. The van der Waals surface area contributed by atoms with Crippen molar-refractivity contribution >= 4 is 5.78 Å². The lowest BCUT2D eigenvalue weighted by atomic mass is 9.90. The number of rotatable bonds is 3. The number of ether oxygens (including phenoxy) is 4. The van der Waals surface area contributed by atoms with Crippen LogP contribution >= 0.6 is 0 Å². The van der Waals surface area contributed by atoms with Crippen LogP contribution in [0.25, 0.3) is 0 Å². The molecule has 2 aromatic carbocycles. The lowest BCUT2D eigenvalue weighted by Crippen LogP contribution is -2.01. The Balaban J connectivity index is 1.87. The topological polar surface area (TPSA) is 54.0 Å². The quantitative estimate of drug-likeness (QED) is 0.811. The molecule has 1 heterocycles. The lowest BCUT2D eigenvalue weighted by Gasteiger charge is -2.15. The third-order valence-electron chi connectivity index (χ3n) is 4.48. The Hall–Kier alpha value is -2.95. The van der Waals surface area contributed by atoms with Gasteiger partial charge in [-0.2, -0.15) is 0 Å². The van der Waals surface area contributed by atoms with Crippen molar-refractivity contribution in [2.24, 2.45) is 0 Å². The molecular formula is C19H16O5. The first-order valence-corrected chi connectivity index (χ1v) is 7.53. The SMILES string of the molecule is C=C1C(=O)c2cc(OC)c(OC)cc2[C@@H]1c1ccc2c(c1)OCO2. The van der Waals surface area contributed by atoms with E-state index in [1.165, 1.54) is 0 Å². The number of ketones is 1. The second-order valence-corrected chi connectivity index (χ2v) is 5.69. The number of benzene rings is 2. The predicted octanol–water partition coefficient (Wildman–Crippen LogP) is 3.32. The molecule has 1 atom stereocenters. The van der Waals surface area contributed by atoms with Crippen LogP contribution in [0.4, 0.5) is 0 Å². The van der Waals surface area contributed by atoms with E-state index in [-0.39, 0.29) is 18.5 Å². The maximum Gasteiger partial charge on any atom is 0.231 e. The fraction of sp³-hybridized carbons (Fsp3) is 0.211. The first kappa shape index (κ1) is 14.6. The number of carbonyl (C=O) groups is 1. The van der Waals surface area contributed by atoms with Crippen LogP contribution in [0.2, 0.25) is 0 Å². The molecular weight excluding hydrogens is 308 g/mol. The van der Waals surface area contributed by atoms with E-state index in [0.29, 0.717) is 34.1 Å². The van der Waals surface area contributed by atoms with Gasteiger partial charge in [0.25, 0.3) is 0 Å². The van der Waals surface area contributed by atoms with Gasteiger partial charge in [-0.15, -0.1) is 0 Å². The Labute approximate surface area is 139 Å². The van der Waals surface area contributed by atoms with E-state index in [9.17, 15) is 4.79 Å². The van der Waals surface area contributed by atoms with Crippen LogP contribution < -0.4 is 18.9 Å². The summed E-state index contributed by atoms with van der Waals surface area (Å²) >= 11 is 0. The molecule has 0 N–H and O–H groups in total. The maximum atomic E-state index is 12.6. The number of hydrogen-bond donors (Lipinski definition) is 0. The monoisotopic (exact) mass is 324 g/mol. The molecule has 0 saturated carbocycles. The average molecular weight is 324 g/mol. The van der Waals surface area contributed by atoms with E-state index in [2.05, 4.69) is 6.58 Å². The summed E-state index contributed by atoms with van der Waals surface area (Å²) in [4.78, 5) is 12.6. The standard InChI is InChI=1S/C19H16O5/c1-10-18(11-4-5-14-17(6-11)24-9-23-14)12-7-15(21-2)16(22-3)8-13(12)19(10)20/h4-8,18H,1,9H2,2-3H3/t18-/m0/s1. The highest BCUT2D eigenvalue weighted by Crippen LogP contribution is 2.47. The first-order valence-electron chi connectivity index (χ1n) is 7.53. The van der Waals surface area contributed by atoms with Crippen LogP contribution in [0.1, 0.15) is 27.4 Å². The summed E-state index contributed by atoms with van der Waals surface area (Å²) in [6, 6.07) is 9.25. The van der Waals surface area contributed by atoms with Gasteiger partial charge in [-0.25, -0.2) is 0 Å². The molecule has 0 radical (unpaired) electrons. The van der Waals surface area contributed by atoms with Gasteiger partial charge in [-0.05, 0) is 35.4 Å². The summed E-state index contributed by atoms with van der Waals surface area (Å²) in [7, 11) is 3.12. The minimum atomic E-state index is -0.234. The minimum Gasteiger partial charge on any atom is -0.493 e. The zero-order valence-corrected chi connectivity index (χ0v) is 13.4. The Bertz CT molecular complexity index is 868. The number of methoxy groups -OCH3 is 2. The molecule has 0 fully saturated rings. The van der Waals surface area contributed by atoms with Crippen molar-refractivity contribution < 1.29 is 23.7 Å². The second-order valence-electron chi connectivity index (χ2n) is 5.69. The van der Waals surface area contributed by atoms with Gasteiger partial charge < -0.3 is 18.9 Å². The number of hydrogen-bond acceptors (Lipinski definition) is 5. The molecule has 0 unspecified atom stereocenters. The van der Waals surface area contributed by atoms with Crippen molar-refractivity contribution in [3.63, 3.8) is 0 Å². The zero-order valence-electron chi connectivity index (χ0n) is 13.4. The molecule has 24 heavy (non-hydrogen) atoms. The summed E-state index contributed by atoms with van der Waals surface area (Å²) in [5.74, 6) is 2.20. The number of Topliss-reactive ketones (excluding diaryl/α,β-unsaturated/α-hetero) is 1. The molecule has 1 aliphatic heterocycles. The molecule has 0 amide bonds. The van der Waals surface area contributed by atoms with Crippen molar-refractivity contribution in [2.75, 3.05) is 21.0 Å². The van der Waals surface area contributed by atoms with Crippen molar-refractivity contribution in [2.45, 2.75) is 5.92 Å². The Morgan fingerprint density at radius 1 is 1.04 bits per heavy atom. The first-order chi connectivity index (χ1) is 11.6. The van der Waals surface area contributed by atoms with E-state index in [1.54, 1.807) is 20.3 Å². The molecule has 2 aromatic rings. The van der Waals surface area contributed by atoms with Crippen LogP contribution in [0.5, 0.6) is 23.0 Å². The number of allylic oxidation sites excluding steroid dienone is 1. The molecule has 0 bridgehead atoms. The number of carbonyl (C=O) groups excluding carboxylic acids is 1. The van der Waals surface area contributed by atoms with Crippen LogP contribution in [0.15, 0.2) is 42.5 Å². The molecule has 122 valence electrons. The van der Waals surface area contributed by atoms with Crippen LogP contribution in [-0.4, -0.2) is 26.8 Å². The third-order valence-corrected chi connectivity index (χ3v) is 4.48. The molecule has 5 nitrogen and oxygen atoms in total. The van der Waals surface area contributed by atoms with Crippen LogP contribution in [0, 0.1) is 0 Å². The van der Waals surface area contributed by atoms with E-state index in [0.717, 1.165) is 11.1 Å². The second kappa shape index (κ2) is 5.30. The molecule has 0 aromatic heterocycles. The van der Waals surface area contributed by atoms with E-state index in [1.807, 2.05) is 24.3 Å². The summed E-state index contributed by atoms with van der Waals surface area (Å²) < 4.78 is 21.5. The molecule has 2 aliphatic rings. The Kier molecular flexibility index (Phi) is 3.23. The molecule has 1 aliphatic carbocycles. The van der Waals surface area contributed by atoms with Gasteiger partial charge in [0.05, 0.1) is 14.2 Å². The minimum absolute atomic E-state index is 0.0754. The molecule has 4 rings (SSSR count). The smallest absolute Gasteiger partial charge is 0.231 e. The van der Waals surface area contributed by atoms with Gasteiger partial charge in [0.2, 0.25) is 6.79 Å². The summed E-state index contributed by atoms with van der Waals surface area (Å²) in [5, 5.41) is 0. The highest BCUT2D eigenvalue weighted by Gasteiger charge is 2.36. The van der Waals surface area contributed by atoms with Crippen molar-refractivity contribution in [1.82, 2.24) is 0 Å². The van der Waals surface area contributed by atoms with Crippen molar-refractivity contribution in [3.05, 3.63) is 59.2 Å². The van der Waals surface area contributed by atoms with Gasteiger partial charge >= 0.3 is 0 Å². The van der Waals surface area contributed by atoms with E-state index in [4.69, 9.17) is 18.9 Å².